The molecule has 0 radical (unpaired) electrons. The minimum Gasteiger partial charge on any atom is -0.200 e. The van der Waals surface area contributed by atoms with Crippen LogP contribution in [-0.4, -0.2) is 16.8 Å². The standard InChI is InChI=1S/C26H19NO4S2/c28-32(29,21-12-3-1-4-13-21)27(33(30,31)22-14-5-2-6-15-22)26-19-20-11-7-8-16-23(20)24-17-9-10-18-25(24)26/h1-19H. The topological polar surface area (TPSA) is 71.5 Å². The molecule has 0 aliphatic heterocycles. The van der Waals surface area contributed by atoms with Crippen LogP contribution >= 0.6 is 0 Å². The van der Waals surface area contributed by atoms with Crippen molar-refractivity contribution < 1.29 is 16.8 Å². The van der Waals surface area contributed by atoms with Crippen LogP contribution in [0.2, 0.25) is 0 Å². The lowest BCUT2D eigenvalue weighted by atomic mass is 10.0. The molecule has 5 aromatic carbocycles. The van der Waals surface area contributed by atoms with E-state index in [1.54, 1.807) is 54.6 Å². The van der Waals surface area contributed by atoms with Crippen molar-refractivity contribution in [1.29, 1.82) is 0 Å². The van der Waals surface area contributed by atoms with Gasteiger partial charge in [-0.2, -0.15) is 3.71 Å². The summed E-state index contributed by atoms with van der Waals surface area (Å²) in [5.74, 6) is 0. The van der Waals surface area contributed by atoms with Gasteiger partial charge in [-0.05, 0) is 46.5 Å². The van der Waals surface area contributed by atoms with Crippen LogP contribution < -0.4 is 3.71 Å². The summed E-state index contributed by atoms with van der Waals surface area (Å²) in [6.45, 7) is 0. The number of hydrogen-bond acceptors (Lipinski definition) is 4. The molecular formula is C26H19NO4S2. The molecule has 0 saturated carbocycles. The Morgan fingerprint density at radius 1 is 0.455 bits per heavy atom. The number of anilines is 1. The highest BCUT2D eigenvalue weighted by Gasteiger charge is 2.38. The first-order valence-electron chi connectivity index (χ1n) is 10.2. The molecule has 0 atom stereocenters. The maximum absolute atomic E-state index is 13.9. The van der Waals surface area contributed by atoms with Gasteiger partial charge in [-0.15, -0.1) is 0 Å². The number of benzene rings is 5. The van der Waals surface area contributed by atoms with Gasteiger partial charge in [0.25, 0.3) is 20.0 Å². The van der Waals surface area contributed by atoms with Crippen molar-refractivity contribution in [2.24, 2.45) is 0 Å². The summed E-state index contributed by atoms with van der Waals surface area (Å²) in [6, 6.07) is 31.6. The zero-order valence-electron chi connectivity index (χ0n) is 17.4. The third kappa shape index (κ3) is 3.55. The molecule has 0 amide bonds. The first kappa shape index (κ1) is 21.2. The van der Waals surface area contributed by atoms with Crippen molar-refractivity contribution >= 4 is 47.3 Å². The predicted molar refractivity (Wildman–Crippen MR) is 131 cm³/mol. The van der Waals surface area contributed by atoms with Gasteiger partial charge in [-0.3, -0.25) is 0 Å². The lowest BCUT2D eigenvalue weighted by Gasteiger charge is -2.26. The van der Waals surface area contributed by atoms with E-state index in [1.807, 2.05) is 36.4 Å². The van der Waals surface area contributed by atoms with Gasteiger partial charge in [0.15, 0.2) is 0 Å². The Bertz CT molecular complexity index is 1610. The van der Waals surface area contributed by atoms with Crippen LogP contribution in [0.1, 0.15) is 0 Å². The molecule has 5 nitrogen and oxygen atoms in total. The third-order valence-corrected chi connectivity index (χ3v) is 9.64. The van der Waals surface area contributed by atoms with Gasteiger partial charge in [-0.25, -0.2) is 16.8 Å². The Kier molecular flexibility index (Phi) is 5.15. The van der Waals surface area contributed by atoms with Crippen LogP contribution in [-0.2, 0) is 20.0 Å². The van der Waals surface area contributed by atoms with Crippen LogP contribution in [0.15, 0.2) is 125 Å². The Morgan fingerprint density at radius 3 is 1.42 bits per heavy atom. The summed E-state index contributed by atoms with van der Waals surface area (Å²) in [4.78, 5) is -0.219. The van der Waals surface area contributed by atoms with Gasteiger partial charge >= 0.3 is 0 Å². The minimum atomic E-state index is -4.47. The zero-order chi connectivity index (χ0) is 23.1. The van der Waals surface area contributed by atoms with E-state index in [0.29, 0.717) is 9.10 Å². The lowest BCUT2D eigenvalue weighted by Crippen LogP contribution is -2.37. The average molecular weight is 474 g/mol. The summed E-state index contributed by atoms with van der Waals surface area (Å²) in [5.41, 5.74) is 0.0806. The van der Waals surface area contributed by atoms with Crippen molar-refractivity contribution in [3.05, 3.63) is 115 Å². The smallest absolute Gasteiger partial charge is 0.200 e. The summed E-state index contributed by atoms with van der Waals surface area (Å²) >= 11 is 0. The van der Waals surface area contributed by atoms with E-state index in [9.17, 15) is 16.8 Å². The average Bonchev–Trinajstić information content (AvgIpc) is 2.85. The van der Waals surface area contributed by atoms with Crippen LogP contribution in [0.5, 0.6) is 0 Å². The van der Waals surface area contributed by atoms with E-state index in [1.165, 1.54) is 24.3 Å². The van der Waals surface area contributed by atoms with Crippen molar-refractivity contribution in [2.45, 2.75) is 9.79 Å². The second kappa shape index (κ2) is 8.03. The second-order valence-corrected chi connectivity index (χ2v) is 11.3. The summed E-state index contributed by atoms with van der Waals surface area (Å²) < 4.78 is 56.1. The molecule has 0 aromatic heterocycles. The van der Waals surface area contributed by atoms with Crippen molar-refractivity contribution in [3.8, 4) is 0 Å². The summed E-state index contributed by atoms with van der Waals surface area (Å²) in [6.07, 6.45) is 0. The zero-order valence-corrected chi connectivity index (χ0v) is 19.0. The Labute approximate surface area is 192 Å². The number of hydrogen-bond donors (Lipinski definition) is 0. The minimum absolute atomic E-state index is 0.0806. The molecule has 0 heterocycles. The maximum Gasteiger partial charge on any atom is 0.277 e. The van der Waals surface area contributed by atoms with Crippen molar-refractivity contribution in [3.63, 3.8) is 0 Å². The molecule has 5 aromatic rings. The van der Waals surface area contributed by atoms with Crippen LogP contribution in [0.25, 0.3) is 21.5 Å². The highest BCUT2D eigenvalue weighted by Crippen LogP contribution is 2.39. The van der Waals surface area contributed by atoms with Crippen LogP contribution in [0, 0.1) is 0 Å². The largest absolute Gasteiger partial charge is 0.277 e. The van der Waals surface area contributed by atoms with Gasteiger partial charge < -0.3 is 0 Å². The van der Waals surface area contributed by atoms with Crippen molar-refractivity contribution in [2.75, 3.05) is 3.71 Å². The Morgan fingerprint density at radius 2 is 0.879 bits per heavy atom. The molecule has 7 heteroatoms. The SMILES string of the molecule is O=S(=O)(c1ccccc1)N(c1cc2ccccc2c2ccccc12)S(=O)(=O)c1ccccc1. The van der Waals surface area contributed by atoms with Gasteiger partial charge in [0.05, 0.1) is 15.5 Å². The van der Waals surface area contributed by atoms with E-state index in [4.69, 9.17) is 0 Å². The third-order valence-electron chi connectivity index (χ3n) is 5.46. The fourth-order valence-corrected chi connectivity index (χ4v) is 7.71. The van der Waals surface area contributed by atoms with E-state index in [2.05, 4.69) is 0 Å². The van der Waals surface area contributed by atoms with Crippen LogP contribution in [0.3, 0.4) is 0 Å². The quantitative estimate of drug-likeness (QED) is 0.313. The first-order valence-corrected chi connectivity index (χ1v) is 13.1. The molecule has 0 aliphatic rings. The number of rotatable bonds is 5. The van der Waals surface area contributed by atoms with Crippen molar-refractivity contribution in [1.82, 2.24) is 0 Å². The summed E-state index contributed by atoms with van der Waals surface area (Å²) in [7, 11) is -8.95. The molecule has 5 rings (SSSR count). The Balaban J connectivity index is 1.91. The fourth-order valence-electron chi connectivity index (χ4n) is 3.95. The van der Waals surface area contributed by atoms with E-state index in [0.717, 1.165) is 16.2 Å². The van der Waals surface area contributed by atoms with E-state index < -0.39 is 20.0 Å². The normalized spacial score (nSPS) is 12.1. The molecule has 0 spiro atoms. The highest BCUT2D eigenvalue weighted by atomic mass is 32.3. The van der Waals surface area contributed by atoms with Gasteiger partial charge in [0.2, 0.25) is 0 Å². The molecule has 164 valence electrons. The number of fused-ring (bicyclic) bond motifs is 3. The van der Waals surface area contributed by atoms with E-state index in [-0.39, 0.29) is 15.5 Å². The molecule has 0 N–H and O–H groups in total. The number of sulfonamides is 2. The van der Waals surface area contributed by atoms with Gasteiger partial charge in [0.1, 0.15) is 0 Å². The van der Waals surface area contributed by atoms with Gasteiger partial charge in [0, 0.05) is 5.39 Å². The highest BCUT2D eigenvalue weighted by molar-refractivity contribution is 8.10. The predicted octanol–water partition coefficient (Wildman–Crippen LogP) is 5.58. The van der Waals surface area contributed by atoms with Crippen LogP contribution in [0.4, 0.5) is 5.69 Å². The fraction of sp³-hybridized carbons (Fsp3) is 0. The summed E-state index contributed by atoms with van der Waals surface area (Å²) in [5, 5.41) is 2.94. The number of nitrogens with zero attached hydrogens (tertiary/aromatic N) is 1. The maximum atomic E-state index is 13.9. The second-order valence-electron chi connectivity index (χ2n) is 7.50. The van der Waals surface area contributed by atoms with E-state index >= 15 is 0 Å². The molecular weight excluding hydrogens is 454 g/mol. The molecule has 0 fully saturated rings. The lowest BCUT2D eigenvalue weighted by molar-refractivity contribution is 0.584. The molecule has 0 aliphatic carbocycles. The monoisotopic (exact) mass is 473 g/mol. The first-order chi connectivity index (χ1) is 15.9. The Hall–Kier alpha value is -3.68. The molecule has 0 saturated heterocycles. The molecule has 0 unspecified atom stereocenters. The molecule has 0 bridgehead atoms. The molecule has 33 heavy (non-hydrogen) atoms. The van der Waals surface area contributed by atoms with Gasteiger partial charge in [-0.1, -0.05) is 84.9 Å².